The molecule has 0 aromatic heterocycles. The molecule has 1 amide bonds. The second kappa shape index (κ2) is 5.38. The van der Waals surface area contributed by atoms with E-state index in [1.165, 1.54) is 0 Å². The van der Waals surface area contributed by atoms with E-state index in [-0.39, 0.29) is 6.09 Å². The number of carbonyl (C=O) groups is 1. The van der Waals surface area contributed by atoms with Gasteiger partial charge in [0.15, 0.2) is 0 Å². The Morgan fingerprint density at radius 1 is 1.59 bits per heavy atom. The van der Waals surface area contributed by atoms with E-state index in [9.17, 15) is 4.79 Å². The number of amides is 1. The highest BCUT2D eigenvalue weighted by atomic mass is 35.5. The third-order valence-corrected chi connectivity index (χ3v) is 2.95. The zero-order chi connectivity index (χ0) is 12.3. The van der Waals surface area contributed by atoms with Gasteiger partial charge in [-0.2, -0.15) is 0 Å². The third-order valence-electron chi connectivity index (χ3n) is 2.72. The Bertz CT molecular complexity index is 411. The van der Waals surface area contributed by atoms with E-state index >= 15 is 0 Å². The molecule has 0 spiro atoms. The lowest BCUT2D eigenvalue weighted by Crippen LogP contribution is -2.46. The van der Waals surface area contributed by atoms with Gasteiger partial charge in [-0.3, -0.25) is 4.90 Å². The molecule has 1 heterocycles. The first-order valence-corrected chi connectivity index (χ1v) is 5.93. The predicted octanol–water partition coefficient (Wildman–Crippen LogP) is 2.13. The second-order valence-electron chi connectivity index (χ2n) is 4.09. The summed E-state index contributed by atoms with van der Waals surface area (Å²) in [7, 11) is 1.89. The van der Waals surface area contributed by atoms with Gasteiger partial charge >= 0.3 is 6.09 Å². The maximum atomic E-state index is 11.7. The zero-order valence-electron chi connectivity index (χ0n) is 9.65. The molecule has 1 saturated heterocycles. The summed E-state index contributed by atoms with van der Waals surface area (Å²) in [6.45, 7) is 1.95. The van der Waals surface area contributed by atoms with E-state index in [0.29, 0.717) is 24.1 Å². The Hall–Kier alpha value is -1.26. The number of nitrogens with zero attached hydrogens (tertiary/aromatic N) is 1. The number of nitrogens with one attached hydrogen (secondary N) is 1. The highest BCUT2D eigenvalue weighted by Gasteiger charge is 2.27. The number of hydrogen-bond acceptors (Lipinski definition) is 3. The molecule has 2 rings (SSSR count). The molecule has 0 saturated carbocycles. The minimum Gasteiger partial charge on any atom is -0.449 e. The van der Waals surface area contributed by atoms with Crippen molar-refractivity contribution in [1.29, 1.82) is 0 Å². The highest BCUT2D eigenvalue weighted by Crippen LogP contribution is 2.23. The van der Waals surface area contributed by atoms with Gasteiger partial charge in [0.2, 0.25) is 0 Å². The predicted molar refractivity (Wildman–Crippen MR) is 67.6 cm³/mol. The number of anilines is 1. The molecule has 0 aliphatic carbocycles. The molecule has 17 heavy (non-hydrogen) atoms. The van der Waals surface area contributed by atoms with Crippen LogP contribution in [0.1, 0.15) is 0 Å². The van der Waals surface area contributed by atoms with Crippen molar-refractivity contribution < 1.29 is 9.53 Å². The van der Waals surface area contributed by atoms with Crippen LogP contribution in [0, 0.1) is 5.92 Å². The summed E-state index contributed by atoms with van der Waals surface area (Å²) in [5.74, 6) is 0.302. The number of benzene rings is 1. The van der Waals surface area contributed by atoms with Gasteiger partial charge in [-0.15, -0.1) is 0 Å². The van der Waals surface area contributed by atoms with Crippen molar-refractivity contribution in [3.8, 4) is 0 Å². The van der Waals surface area contributed by atoms with Crippen molar-refractivity contribution in [1.82, 2.24) is 5.32 Å². The van der Waals surface area contributed by atoms with Gasteiger partial charge in [-0.05, 0) is 25.2 Å². The Balaban J connectivity index is 2.15. The number of hydrogen-bond donors (Lipinski definition) is 1. The Morgan fingerprint density at radius 2 is 2.41 bits per heavy atom. The van der Waals surface area contributed by atoms with E-state index in [4.69, 9.17) is 16.3 Å². The van der Waals surface area contributed by atoms with Crippen LogP contribution in [-0.2, 0) is 4.74 Å². The van der Waals surface area contributed by atoms with Gasteiger partial charge in [0, 0.05) is 29.7 Å². The van der Waals surface area contributed by atoms with Crippen LogP contribution in [0.25, 0.3) is 0 Å². The van der Waals surface area contributed by atoms with Crippen LogP contribution in [-0.4, -0.2) is 32.8 Å². The molecular formula is C12H15ClN2O2. The first-order valence-electron chi connectivity index (χ1n) is 5.55. The summed E-state index contributed by atoms with van der Waals surface area (Å²) in [4.78, 5) is 13.3. The van der Waals surface area contributed by atoms with Crippen LogP contribution >= 0.6 is 11.6 Å². The molecule has 1 N–H and O–H groups in total. The van der Waals surface area contributed by atoms with Gasteiger partial charge in [0.1, 0.15) is 0 Å². The average Bonchev–Trinajstić information content (AvgIpc) is 2.32. The first kappa shape index (κ1) is 12.2. The van der Waals surface area contributed by atoms with E-state index < -0.39 is 0 Å². The second-order valence-corrected chi connectivity index (χ2v) is 4.53. The van der Waals surface area contributed by atoms with Crippen molar-refractivity contribution in [2.45, 2.75) is 0 Å². The van der Waals surface area contributed by atoms with Crippen molar-refractivity contribution in [3.05, 3.63) is 29.3 Å². The van der Waals surface area contributed by atoms with E-state index in [1.54, 1.807) is 17.0 Å². The first-order chi connectivity index (χ1) is 8.20. The lowest BCUT2D eigenvalue weighted by Gasteiger charge is -2.32. The van der Waals surface area contributed by atoms with Gasteiger partial charge in [-0.25, -0.2) is 4.79 Å². The maximum Gasteiger partial charge on any atom is 0.414 e. The molecular weight excluding hydrogens is 240 g/mol. The van der Waals surface area contributed by atoms with E-state index in [0.717, 1.165) is 12.2 Å². The number of ether oxygens (including phenoxy) is 1. The van der Waals surface area contributed by atoms with Gasteiger partial charge < -0.3 is 10.1 Å². The minimum atomic E-state index is -0.306. The SMILES string of the molecule is CNCC1COC(=O)N(c2cccc(Cl)c2)C1. The number of rotatable bonds is 3. The zero-order valence-corrected chi connectivity index (χ0v) is 10.4. The van der Waals surface area contributed by atoms with Crippen molar-refractivity contribution in [3.63, 3.8) is 0 Å². The van der Waals surface area contributed by atoms with Crippen LogP contribution in [0.2, 0.25) is 5.02 Å². The standard InChI is InChI=1S/C12H15ClN2O2/c1-14-6-9-7-15(12(16)17-8-9)11-4-2-3-10(13)5-11/h2-5,9,14H,6-8H2,1H3. The smallest absolute Gasteiger partial charge is 0.414 e. The van der Waals surface area contributed by atoms with Crippen LogP contribution in [0.3, 0.4) is 0 Å². The van der Waals surface area contributed by atoms with E-state index in [2.05, 4.69) is 5.32 Å². The molecule has 92 valence electrons. The molecule has 4 nitrogen and oxygen atoms in total. The van der Waals surface area contributed by atoms with Gasteiger partial charge in [0.05, 0.1) is 6.61 Å². The lowest BCUT2D eigenvalue weighted by atomic mass is 10.1. The summed E-state index contributed by atoms with van der Waals surface area (Å²) in [6, 6.07) is 7.23. The van der Waals surface area contributed by atoms with Crippen LogP contribution in [0.5, 0.6) is 0 Å². The fourth-order valence-corrected chi connectivity index (χ4v) is 2.10. The molecule has 1 fully saturated rings. The number of cyclic esters (lactones) is 1. The summed E-state index contributed by atoms with van der Waals surface area (Å²) >= 11 is 5.92. The number of carbonyl (C=O) groups excluding carboxylic acids is 1. The summed E-state index contributed by atoms with van der Waals surface area (Å²) in [5.41, 5.74) is 0.781. The molecule has 1 aliphatic rings. The molecule has 0 radical (unpaired) electrons. The van der Waals surface area contributed by atoms with Gasteiger partial charge in [-0.1, -0.05) is 17.7 Å². The van der Waals surface area contributed by atoms with Crippen LogP contribution < -0.4 is 10.2 Å². The molecule has 0 bridgehead atoms. The van der Waals surface area contributed by atoms with E-state index in [1.807, 2.05) is 19.2 Å². The normalized spacial score (nSPS) is 20.2. The fourth-order valence-electron chi connectivity index (χ4n) is 1.92. The third kappa shape index (κ3) is 2.90. The van der Waals surface area contributed by atoms with Crippen molar-refractivity contribution in [2.75, 3.05) is 31.6 Å². The Morgan fingerprint density at radius 3 is 3.12 bits per heavy atom. The molecule has 5 heteroatoms. The van der Waals surface area contributed by atoms with Crippen molar-refractivity contribution >= 4 is 23.4 Å². The van der Waals surface area contributed by atoms with Crippen LogP contribution in [0.4, 0.5) is 10.5 Å². The summed E-state index contributed by atoms with van der Waals surface area (Å²) < 4.78 is 5.15. The topological polar surface area (TPSA) is 41.6 Å². The number of halogens is 1. The highest BCUT2D eigenvalue weighted by molar-refractivity contribution is 6.30. The van der Waals surface area contributed by atoms with Crippen LogP contribution in [0.15, 0.2) is 24.3 Å². The average molecular weight is 255 g/mol. The fraction of sp³-hybridized carbons (Fsp3) is 0.417. The summed E-state index contributed by atoms with van der Waals surface area (Å²) in [6.07, 6.45) is -0.306. The molecule has 1 atom stereocenters. The molecule has 1 unspecified atom stereocenters. The maximum absolute atomic E-state index is 11.7. The summed E-state index contributed by atoms with van der Waals surface area (Å²) in [5, 5.41) is 3.71. The monoisotopic (exact) mass is 254 g/mol. The van der Waals surface area contributed by atoms with Crippen molar-refractivity contribution in [2.24, 2.45) is 5.92 Å². The molecule has 1 aromatic carbocycles. The molecule has 1 aromatic rings. The largest absolute Gasteiger partial charge is 0.449 e. The minimum absolute atomic E-state index is 0.302. The quantitative estimate of drug-likeness (QED) is 0.899. The Labute approximate surface area is 106 Å². The molecule has 1 aliphatic heterocycles. The Kier molecular flexibility index (Phi) is 3.86. The lowest BCUT2D eigenvalue weighted by molar-refractivity contribution is 0.115. The van der Waals surface area contributed by atoms with Gasteiger partial charge in [0.25, 0.3) is 0 Å².